The van der Waals surface area contributed by atoms with Crippen LogP contribution < -0.4 is 0 Å². The molecular formula is C20H40O5. The average Bonchev–Trinajstić information content (AvgIpc) is 2.62. The molecule has 0 aromatic heterocycles. The zero-order valence-electron chi connectivity index (χ0n) is 17.1. The Kier molecular flexibility index (Phi) is 15.2. The van der Waals surface area contributed by atoms with Crippen molar-refractivity contribution in [1.82, 2.24) is 0 Å². The summed E-state index contributed by atoms with van der Waals surface area (Å²) in [5, 5.41) is 0. The standard InChI is InChI=1S/C20H40O5/c1-6-8-9-10-11-12-15-18(20(22-3,23-4)24-5)16-13-17-25-19(21)14-7-2/h18H,6-17H2,1-5H3. The van der Waals surface area contributed by atoms with Crippen LogP contribution in [0.3, 0.4) is 0 Å². The highest BCUT2D eigenvalue weighted by Gasteiger charge is 2.39. The van der Waals surface area contributed by atoms with Gasteiger partial charge in [-0.2, -0.15) is 0 Å². The van der Waals surface area contributed by atoms with Gasteiger partial charge in [-0.05, 0) is 25.7 Å². The topological polar surface area (TPSA) is 54.0 Å². The number of ether oxygens (including phenoxy) is 4. The summed E-state index contributed by atoms with van der Waals surface area (Å²) in [6.07, 6.45) is 11.4. The lowest BCUT2D eigenvalue weighted by atomic mass is 9.93. The van der Waals surface area contributed by atoms with Crippen LogP contribution >= 0.6 is 0 Å². The Labute approximate surface area is 154 Å². The van der Waals surface area contributed by atoms with E-state index in [1.165, 1.54) is 32.1 Å². The van der Waals surface area contributed by atoms with Crippen molar-refractivity contribution in [2.24, 2.45) is 5.92 Å². The summed E-state index contributed by atoms with van der Waals surface area (Å²) in [5.41, 5.74) is 0. The van der Waals surface area contributed by atoms with E-state index in [1.54, 1.807) is 21.3 Å². The maximum Gasteiger partial charge on any atom is 0.305 e. The third-order valence-electron chi connectivity index (χ3n) is 4.67. The first-order chi connectivity index (χ1) is 12.1. The van der Waals surface area contributed by atoms with Crippen molar-refractivity contribution >= 4 is 5.97 Å². The molecule has 0 saturated carbocycles. The van der Waals surface area contributed by atoms with Crippen LogP contribution in [0, 0.1) is 5.92 Å². The summed E-state index contributed by atoms with van der Waals surface area (Å²) in [7, 11) is 4.84. The normalized spacial score (nSPS) is 13.0. The molecule has 0 heterocycles. The molecule has 1 atom stereocenters. The SMILES string of the molecule is CCCCCCCCC(CCCOC(=O)CCC)C(OC)(OC)OC. The number of methoxy groups -OCH3 is 3. The maximum absolute atomic E-state index is 11.5. The Balaban J connectivity index is 4.40. The zero-order chi connectivity index (χ0) is 19.0. The van der Waals surface area contributed by atoms with Gasteiger partial charge in [-0.15, -0.1) is 0 Å². The molecule has 0 amide bonds. The first-order valence-corrected chi connectivity index (χ1v) is 9.91. The Morgan fingerprint density at radius 3 is 1.92 bits per heavy atom. The molecule has 0 aliphatic heterocycles. The lowest BCUT2D eigenvalue weighted by Gasteiger charge is -2.36. The minimum absolute atomic E-state index is 0.114. The third kappa shape index (κ3) is 10.2. The molecule has 0 aliphatic rings. The summed E-state index contributed by atoms with van der Waals surface area (Å²) >= 11 is 0. The monoisotopic (exact) mass is 360 g/mol. The molecule has 0 radical (unpaired) electrons. The molecule has 0 bridgehead atoms. The fourth-order valence-corrected chi connectivity index (χ4v) is 3.21. The van der Waals surface area contributed by atoms with Crippen molar-refractivity contribution < 1.29 is 23.7 Å². The number of rotatable bonds is 17. The van der Waals surface area contributed by atoms with Crippen LogP contribution in [0.4, 0.5) is 0 Å². The van der Waals surface area contributed by atoms with Crippen LogP contribution in [0.15, 0.2) is 0 Å². The van der Waals surface area contributed by atoms with Gasteiger partial charge < -0.3 is 18.9 Å². The Morgan fingerprint density at radius 1 is 0.800 bits per heavy atom. The lowest BCUT2D eigenvalue weighted by Crippen LogP contribution is -2.44. The number of esters is 1. The molecular weight excluding hydrogens is 320 g/mol. The van der Waals surface area contributed by atoms with E-state index in [1.807, 2.05) is 6.92 Å². The van der Waals surface area contributed by atoms with E-state index in [4.69, 9.17) is 18.9 Å². The van der Waals surface area contributed by atoms with Crippen LogP contribution in [0.25, 0.3) is 0 Å². The molecule has 0 aromatic carbocycles. The quantitative estimate of drug-likeness (QED) is 0.206. The van der Waals surface area contributed by atoms with Gasteiger partial charge >= 0.3 is 5.97 Å². The van der Waals surface area contributed by atoms with E-state index in [0.717, 1.165) is 32.1 Å². The molecule has 0 aliphatic carbocycles. The van der Waals surface area contributed by atoms with Crippen molar-refractivity contribution in [2.45, 2.75) is 90.4 Å². The largest absolute Gasteiger partial charge is 0.466 e. The second kappa shape index (κ2) is 15.6. The first-order valence-electron chi connectivity index (χ1n) is 9.91. The molecule has 0 saturated heterocycles. The van der Waals surface area contributed by atoms with Gasteiger partial charge in [0, 0.05) is 33.7 Å². The van der Waals surface area contributed by atoms with Gasteiger partial charge in [0.05, 0.1) is 6.61 Å². The Bertz CT molecular complexity index is 307. The van der Waals surface area contributed by atoms with Gasteiger partial charge in [0.25, 0.3) is 5.97 Å². The third-order valence-corrected chi connectivity index (χ3v) is 4.67. The molecule has 25 heavy (non-hydrogen) atoms. The van der Waals surface area contributed by atoms with Gasteiger partial charge in [-0.3, -0.25) is 4.79 Å². The van der Waals surface area contributed by atoms with E-state index < -0.39 is 5.97 Å². The highest BCUT2D eigenvalue weighted by molar-refractivity contribution is 5.69. The van der Waals surface area contributed by atoms with Gasteiger partial charge in [-0.1, -0.05) is 52.4 Å². The number of hydrogen-bond acceptors (Lipinski definition) is 5. The smallest absolute Gasteiger partial charge is 0.305 e. The first kappa shape index (κ1) is 24.4. The van der Waals surface area contributed by atoms with Crippen LogP contribution in [0.1, 0.15) is 84.5 Å². The van der Waals surface area contributed by atoms with Gasteiger partial charge in [0.15, 0.2) is 0 Å². The molecule has 0 fully saturated rings. The molecule has 0 spiro atoms. The number of unbranched alkanes of at least 4 members (excludes halogenated alkanes) is 5. The van der Waals surface area contributed by atoms with E-state index in [-0.39, 0.29) is 11.9 Å². The summed E-state index contributed by atoms with van der Waals surface area (Å²) < 4.78 is 21.9. The molecule has 0 rings (SSSR count). The molecule has 150 valence electrons. The fraction of sp³-hybridized carbons (Fsp3) is 0.950. The van der Waals surface area contributed by atoms with Crippen molar-refractivity contribution in [3.8, 4) is 0 Å². The maximum atomic E-state index is 11.5. The number of carbonyl (C=O) groups excluding carboxylic acids is 1. The molecule has 1 unspecified atom stereocenters. The summed E-state index contributed by atoms with van der Waals surface area (Å²) in [5.74, 6) is -1.02. The van der Waals surface area contributed by atoms with E-state index >= 15 is 0 Å². The predicted octanol–water partition coefficient (Wildman–Crippen LogP) is 5.07. The van der Waals surface area contributed by atoms with Gasteiger partial charge in [-0.25, -0.2) is 0 Å². The second-order valence-corrected chi connectivity index (χ2v) is 6.58. The average molecular weight is 361 g/mol. The highest BCUT2D eigenvalue weighted by Crippen LogP contribution is 2.32. The molecule has 5 nitrogen and oxygen atoms in total. The fourth-order valence-electron chi connectivity index (χ4n) is 3.21. The second-order valence-electron chi connectivity index (χ2n) is 6.58. The van der Waals surface area contributed by atoms with Crippen LogP contribution in [-0.2, 0) is 23.7 Å². The van der Waals surface area contributed by atoms with Crippen LogP contribution in [0.5, 0.6) is 0 Å². The molecule has 5 heteroatoms. The van der Waals surface area contributed by atoms with Crippen molar-refractivity contribution in [3.63, 3.8) is 0 Å². The lowest BCUT2D eigenvalue weighted by molar-refractivity contribution is -0.380. The summed E-state index contributed by atoms with van der Waals surface area (Å²) in [6.45, 7) is 4.65. The van der Waals surface area contributed by atoms with Crippen LogP contribution in [-0.4, -0.2) is 39.9 Å². The van der Waals surface area contributed by atoms with Crippen molar-refractivity contribution in [2.75, 3.05) is 27.9 Å². The minimum atomic E-state index is -1.02. The minimum Gasteiger partial charge on any atom is -0.466 e. The number of carbonyl (C=O) groups is 1. The van der Waals surface area contributed by atoms with E-state index in [0.29, 0.717) is 13.0 Å². The van der Waals surface area contributed by atoms with E-state index in [2.05, 4.69) is 6.92 Å². The van der Waals surface area contributed by atoms with Crippen LogP contribution in [0.2, 0.25) is 0 Å². The Morgan fingerprint density at radius 2 is 1.36 bits per heavy atom. The van der Waals surface area contributed by atoms with Crippen molar-refractivity contribution in [3.05, 3.63) is 0 Å². The molecule has 0 aromatic rings. The predicted molar refractivity (Wildman–Crippen MR) is 100 cm³/mol. The summed E-state index contributed by atoms with van der Waals surface area (Å²) in [6, 6.07) is 0. The zero-order valence-corrected chi connectivity index (χ0v) is 17.1. The molecule has 0 N–H and O–H groups in total. The van der Waals surface area contributed by atoms with Gasteiger partial charge in [0.1, 0.15) is 0 Å². The highest BCUT2D eigenvalue weighted by atomic mass is 16.9. The van der Waals surface area contributed by atoms with E-state index in [9.17, 15) is 4.79 Å². The summed E-state index contributed by atoms with van der Waals surface area (Å²) in [4.78, 5) is 11.5. The number of hydrogen-bond donors (Lipinski definition) is 0. The Hall–Kier alpha value is -0.650. The van der Waals surface area contributed by atoms with Crippen molar-refractivity contribution in [1.29, 1.82) is 0 Å². The van der Waals surface area contributed by atoms with Gasteiger partial charge in [0.2, 0.25) is 0 Å².